The maximum absolute atomic E-state index is 12.1. The summed E-state index contributed by atoms with van der Waals surface area (Å²) in [6, 6.07) is 9.39. The van der Waals surface area contributed by atoms with Gasteiger partial charge < -0.3 is 9.15 Å². The van der Waals surface area contributed by atoms with Crippen LogP contribution >= 0.6 is 11.3 Å². The predicted molar refractivity (Wildman–Crippen MR) is 105 cm³/mol. The molecular formula is C20H21N3O4S. The summed E-state index contributed by atoms with van der Waals surface area (Å²) in [6.07, 6.45) is 0.0602. The number of hydrazine groups is 1. The Morgan fingerprint density at radius 2 is 1.89 bits per heavy atom. The van der Waals surface area contributed by atoms with Gasteiger partial charge in [-0.15, -0.1) is 11.3 Å². The maximum Gasteiger partial charge on any atom is 0.273 e. The molecule has 2 N–H and O–H groups in total. The third kappa shape index (κ3) is 5.20. The fourth-order valence-electron chi connectivity index (χ4n) is 2.53. The number of aromatic nitrogens is 1. The minimum Gasteiger partial charge on any atom is -0.486 e. The molecule has 8 heteroatoms. The van der Waals surface area contributed by atoms with E-state index in [-0.39, 0.29) is 12.3 Å². The number of nitrogens with one attached hydrogen (secondary N) is 2. The van der Waals surface area contributed by atoms with Crippen LogP contribution in [0.25, 0.3) is 0 Å². The molecule has 3 rings (SSSR count). The molecule has 0 saturated carbocycles. The van der Waals surface area contributed by atoms with Crippen molar-refractivity contribution in [1.82, 2.24) is 15.8 Å². The number of carbonyl (C=O) groups is 2. The summed E-state index contributed by atoms with van der Waals surface area (Å²) in [5.41, 5.74) is 6.95. The lowest BCUT2D eigenvalue weighted by Crippen LogP contribution is -2.42. The monoisotopic (exact) mass is 399 g/mol. The van der Waals surface area contributed by atoms with E-state index in [1.165, 1.54) is 16.9 Å². The zero-order valence-corrected chi connectivity index (χ0v) is 16.7. The average molecular weight is 399 g/mol. The Balaban J connectivity index is 1.46. The number of nitrogens with zero attached hydrogens (tertiary/aromatic N) is 1. The molecule has 0 bridgehead atoms. The van der Waals surface area contributed by atoms with Crippen molar-refractivity contribution in [2.75, 3.05) is 0 Å². The molecule has 0 radical (unpaired) electrons. The van der Waals surface area contributed by atoms with Crippen LogP contribution in [0.15, 0.2) is 40.1 Å². The second kappa shape index (κ2) is 8.71. The van der Waals surface area contributed by atoms with Gasteiger partial charge in [0.25, 0.3) is 5.91 Å². The van der Waals surface area contributed by atoms with Crippen LogP contribution in [-0.4, -0.2) is 16.8 Å². The largest absolute Gasteiger partial charge is 0.486 e. The van der Waals surface area contributed by atoms with Gasteiger partial charge in [0.15, 0.2) is 0 Å². The van der Waals surface area contributed by atoms with E-state index in [1.807, 2.05) is 31.2 Å². The van der Waals surface area contributed by atoms with Crippen molar-refractivity contribution in [1.29, 1.82) is 0 Å². The highest BCUT2D eigenvalue weighted by atomic mass is 32.1. The Morgan fingerprint density at radius 1 is 1.14 bits per heavy atom. The van der Waals surface area contributed by atoms with Crippen molar-refractivity contribution in [3.8, 4) is 5.75 Å². The normalized spacial score (nSPS) is 10.5. The van der Waals surface area contributed by atoms with Crippen LogP contribution in [-0.2, 0) is 17.8 Å². The molecule has 0 aliphatic rings. The highest BCUT2D eigenvalue weighted by Gasteiger charge is 2.15. The van der Waals surface area contributed by atoms with Crippen molar-refractivity contribution < 1.29 is 18.7 Å². The van der Waals surface area contributed by atoms with Gasteiger partial charge in [-0.25, -0.2) is 4.98 Å². The zero-order valence-electron chi connectivity index (χ0n) is 15.9. The molecule has 0 atom stereocenters. The minimum atomic E-state index is -0.423. The Morgan fingerprint density at radius 3 is 2.57 bits per heavy atom. The number of carbonyl (C=O) groups excluding carboxylic acids is 2. The smallest absolute Gasteiger partial charge is 0.273 e. The molecule has 0 unspecified atom stereocenters. The SMILES string of the molecule is Cc1ccc(OCc2nc(CC(=O)NNC(=O)c3cc(C)oc3C)cs2)cc1. The number of hydrogen-bond acceptors (Lipinski definition) is 6. The molecule has 2 amide bonds. The van der Waals surface area contributed by atoms with Crippen LogP contribution in [0.3, 0.4) is 0 Å². The third-order valence-electron chi connectivity index (χ3n) is 3.93. The highest BCUT2D eigenvalue weighted by molar-refractivity contribution is 7.09. The van der Waals surface area contributed by atoms with Gasteiger partial charge in [0, 0.05) is 5.38 Å². The van der Waals surface area contributed by atoms with E-state index in [2.05, 4.69) is 15.8 Å². The molecule has 28 heavy (non-hydrogen) atoms. The summed E-state index contributed by atoms with van der Waals surface area (Å²) in [4.78, 5) is 28.5. The van der Waals surface area contributed by atoms with Gasteiger partial charge in [-0.3, -0.25) is 20.4 Å². The molecule has 0 saturated heterocycles. The molecule has 2 heterocycles. The first-order valence-corrected chi connectivity index (χ1v) is 9.57. The first-order chi connectivity index (χ1) is 13.4. The van der Waals surface area contributed by atoms with E-state index in [9.17, 15) is 9.59 Å². The van der Waals surface area contributed by atoms with Crippen molar-refractivity contribution >= 4 is 23.2 Å². The van der Waals surface area contributed by atoms with Gasteiger partial charge in [0.05, 0.1) is 17.7 Å². The summed E-state index contributed by atoms with van der Waals surface area (Å²) in [5.74, 6) is 1.13. The van der Waals surface area contributed by atoms with Crippen LogP contribution in [0, 0.1) is 20.8 Å². The van der Waals surface area contributed by atoms with Crippen LogP contribution in [0.2, 0.25) is 0 Å². The summed E-state index contributed by atoms with van der Waals surface area (Å²) in [6.45, 7) is 5.80. The summed E-state index contributed by atoms with van der Waals surface area (Å²) in [7, 11) is 0. The lowest BCUT2D eigenvalue weighted by molar-refractivity contribution is -0.121. The maximum atomic E-state index is 12.1. The van der Waals surface area contributed by atoms with Crippen LogP contribution in [0.4, 0.5) is 0 Å². The van der Waals surface area contributed by atoms with E-state index in [1.54, 1.807) is 25.3 Å². The lowest BCUT2D eigenvalue weighted by atomic mass is 10.2. The number of thiazole rings is 1. The molecule has 2 aromatic heterocycles. The number of amides is 2. The summed E-state index contributed by atoms with van der Waals surface area (Å²) in [5, 5.41) is 2.58. The number of rotatable bonds is 6. The fourth-order valence-corrected chi connectivity index (χ4v) is 3.24. The summed E-state index contributed by atoms with van der Waals surface area (Å²) < 4.78 is 11.0. The van der Waals surface area contributed by atoms with Crippen molar-refractivity contribution in [2.45, 2.75) is 33.8 Å². The third-order valence-corrected chi connectivity index (χ3v) is 4.80. The van der Waals surface area contributed by atoms with Gasteiger partial charge >= 0.3 is 0 Å². The first-order valence-electron chi connectivity index (χ1n) is 8.69. The molecular weight excluding hydrogens is 378 g/mol. The van der Waals surface area contributed by atoms with Crippen molar-refractivity contribution in [3.05, 3.63) is 69.1 Å². The van der Waals surface area contributed by atoms with Gasteiger partial charge in [-0.2, -0.15) is 0 Å². The number of ether oxygens (including phenoxy) is 1. The van der Waals surface area contributed by atoms with E-state index in [0.29, 0.717) is 29.4 Å². The van der Waals surface area contributed by atoms with E-state index in [0.717, 1.165) is 10.8 Å². The number of aryl methyl sites for hydroxylation is 3. The second-order valence-corrected chi connectivity index (χ2v) is 7.28. The Bertz CT molecular complexity index is 976. The first kappa shape index (κ1) is 19.6. The average Bonchev–Trinajstić information content (AvgIpc) is 3.24. The van der Waals surface area contributed by atoms with Crippen LogP contribution in [0.5, 0.6) is 5.75 Å². The Hall–Kier alpha value is -3.13. The summed E-state index contributed by atoms with van der Waals surface area (Å²) >= 11 is 1.42. The molecule has 0 aliphatic heterocycles. The van der Waals surface area contributed by atoms with E-state index < -0.39 is 5.91 Å². The molecule has 0 aliphatic carbocycles. The van der Waals surface area contributed by atoms with Crippen LogP contribution in [0.1, 0.15) is 38.1 Å². The van der Waals surface area contributed by atoms with Crippen molar-refractivity contribution in [3.63, 3.8) is 0 Å². The predicted octanol–water partition coefficient (Wildman–Crippen LogP) is 3.24. The molecule has 7 nitrogen and oxygen atoms in total. The fraction of sp³-hybridized carbons (Fsp3) is 0.250. The number of furan rings is 1. The molecule has 3 aromatic rings. The molecule has 1 aromatic carbocycles. The highest BCUT2D eigenvalue weighted by Crippen LogP contribution is 2.16. The molecule has 0 fully saturated rings. The Kier molecular flexibility index (Phi) is 6.10. The van der Waals surface area contributed by atoms with Crippen LogP contribution < -0.4 is 15.6 Å². The van der Waals surface area contributed by atoms with Gasteiger partial charge in [0.2, 0.25) is 5.91 Å². The topological polar surface area (TPSA) is 93.5 Å². The quantitative estimate of drug-likeness (QED) is 0.621. The Labute approximate surface area is 166 Å². The standard InChI is InChI=1S/C20H21N3O4S/c1-12-4-6-16(7-5-12)26-10-19-21-15(11-28-19)9-18(24)22-23-20(25)17-8-13(2)27-14(17)3/h4-8,11H,9-10H2,1-3H3,(H,22,24)(H,23,25). The minimum absolute atomic E-state index is 0.0602. The zero-order chi connectivity index (χ0) is 20.1. The van der Waals surface area contributed by atoms with Gasteiger partial charge in [-0.1, -0.05) is 17.7 Å². The van der Waals surface area contributed by atoms with Gasteiger partial charge in [-0.05, 0) is 39.0 Å². The van der Waals surface area contributed by atoms with Crippen molar-refractivity contribution in [2.24, 2.45) is 0 Å². The number of hydrogen-bond donors (Lipinski definition) is 2. The number of benzene rings is 1. The van der Waals surface area contributed by atoms with E-state index >= 15 is 0 Å². The molecule has 0 spiro atoms. The molecule has 146 valence electrons. The second-order valence-electron chi connectivity index (χ2n) is 6.34. The van der Waals surface area contributed by atoms with Gasteiger partial charge in [0.1, 0.15) is 28.9 Å². The van der Waals surface area contributed by atoms with E-state index in [4.69, 9.17) is 9.15 Å². The lowest BCUT2D eigenvalue weighted by Gasteiger charge is -2.06.